The van der Waals surface area contributed by atoms with Crippen molar-refractivity contribution in [1.29, 1.82) is 5.26 Å². The molecular weight excluding hydrogens is 356 g/mol. The Balaban J connectivity index is 1.75. The van der Waals surface area contributed by atoms with Crippen LogP contribution in [0.25, 0.3) is 10.9 Å². The first kappa shape index (κ1) is 18.9. The Bertz CT molecular complexity index is 964. The summed E-state index contributed by atoms with van der Waals surface area (Å²) in [5, 5.41) is 20.8. The normalized spacial score (nSPS) is 19.4. The average molecular weight is 382 g/mol. The molecule has 28 heavy (non-hydrogen) atoms. The van der Waals surface area contributed by atoms with Gasteiger partial charge in [-0.25, -0.2) is 0 Å². The van der Waals surface area contributed by atoms with Crippen molar-refractivity contribution in [2.45, 2.75) is 45.1 Å². The number of aromatic amines is 1. The van der Waals surface area contributed by atoms with E-state index in [0.29, 0.717) is 28.9 Å². The van der Waals surface area contributed by atoms with Crippen LogP contribution in [0.5, 0.6) is 0 Å². The molecule has 1 saturated carbocycles. The predicted octanol–water partition coefficient (Wildman–Crippen LogP) is 2.64. The number of piperidine rings is 1. The number of anilines is 1. The maximum Gasteiger partial charge on any atom is 0.268 e. The van der Waals surface area contributed by atoms with Crippen LogP contribution < -0.4 is 10.5 Å². The lowest BCUT2D eigenvalue weighted by Crippen LogP contribution is -2.44. The van der Waals surface area contributed by atoms with Gasteiger partial charge in [-0.05, 0) is 44.1 Å². The van der Waals surface area contributed by atoms with Crippen LogP contribution in [-0.2, 0) is 4.74 Å². The van der Waals surface area contributed by atoms with Crippen LogP contribution >= 0.6 is 0 Å². The van der Waals surface area contributed by atoms with Gasteiger partial charge in [-0.1, -0.05) is 6.42 Å². The van der Waals surface area contributed by atoms with Crippen LogP contribution in [0.3, 0.4) is 0 Å². The number of aromatic nitrogens is 2. The third-order valence-electron chi connectivity index (χ3n) is 6.38. The predicted molar refractivity (Wildman–Crippen MR) is 106 cm³/mol. The third-order valence-corrected chi connectivity index (χ3v) is 6.38. The first-order valence-corrected chi connectivity index (χ1v) is 10.0. The van der Waals surface area contributed by atoms with Crippen molar-refractivity contribution in [3.8, 4) is 6.07 Å². The van der Waals surface area contributed by atoms with E-state index in [9.17, 15) is 15.2 Å². The molecule has 4 rings (SSSR count). The highest BCUT2D eigenvalue weighted by molar-refractivity contribution is 5.94. The molecule has 148 valence electrons. The minimum Gasteiger partial charge on any atom is -0.384 e. The van der Waals surface area contributed by atoms with Crippen LogP contribution in [0.15, 0.2) is 17.1 Å². The summed E-state index contributed by atoms with van der Waals surface area (Å²) in [5.41, 5.74) is 1.94. The third kappa shape index (κ3) is 3.27. The molecular formula is C21H26N4O3. The summed E-state index contributed by atoms with van der Waals surface area (Å²) >= 11 is 0. The molecule has 7 heteroatoms. The summed E-state index contributed by atoms with van der Waals surface area (Å²) in [6.07, 6.45) is 6.79. The molecule has 2 aromatic heterocycles. The number of aliphatic hydroxyl groups excluding tert-OH is 1. The van der Waals surface area contributed by atoms with Crippen LogP contribution in [0.1, 0.15) is 56.4 Å². The monoisotopic (exact) mass is 382 g/mol. The topological polar surface area (TPSA) is 102 Å². The molecule has 0 radical (unpaired) electrons. The second-order valence-electron chi connectivity index (χ2n) is 7.96. The fourth-order valence-corrected chi connectivity index (χ4v) is 4.50. The van der Waals surface area contributed by atoms with Gasteiger partial charge in [0.15, 0.2) is 0 Å². The van der Waals surface area contributed by atoms with Gasteiger partial charge in [-0.15, -0.1) is 0 Å². The smallest absolute Gasteiger partial charge is 0.268 e. The van der Waals surface area contributed by atoms with E-state index in [1.807, 2.05) is 6.92 Å². The van der Waals surface area contributed by atoms with Gasteiger partial charge in [-0.3, -0.25) is 9.78 Å². The van der Waals surface area contributed by atoms with Crippen LogP contribution in [0.4, 0.5) is 5.69 Å². The van der Waals surface area contributed by atoms with E-state index < -0.39 is 11.7 Å². The molecule has 0 amide bonds. The molecule has 1 saturated heterocycles. The van der Waals surface area contributed by atoms with Crippen molar-refractivity contribution < 1.29 is 9.84 Å². The van der Waals surface area contributed by atoms with Gasteiger partial charge in [0.2, 0.25) is 0 Å². The molecule has 1 aliphatic carbocycles. The van der Waals surface area contributed by atoms with Gasteiger partial charge in [0.1, 0.15) is 17.7 Å². The zero-order valence-corrected chi connectivity index (χ0v) is 16.2. The summed E-state index contributed by atoms with van der Waals surface area (Å²) in [6.45, 7) is 4.22. The molecule has 1 atom stereocenters. The van der Waals surface area contributed by atoms with Gasteiger partial charge in [0.25, 0.3) is 5.56 Å². The van der Waals surface area contributed by atoms with Crippen molar-refractivity contribution in [1.82, 2.24) is 9.97 Å². The van der Waals surface area contributed by atoms with E-state index in [1.54, 1.807) is 12.3 Å². The number of rotatable bonds is 5. The minimum absolute atomic E-state index is 0.133. The Morgan fingerprint density at radius 2 is 2.14 bits per heavy atom. The lowest BCUT2D eigenvalue weighted by molar-refractivity contribution is 0.0398. The molecule has 0 bridgehead atoms. The van der Waals surface area contributed by atoms with E-state index in [1.165, 1.54) is 19.3 Å². The Morgan fingerprint density at radius 1 is 1.39 bits per heavy atom. The highest BCUT2D eigenvalue weighted by atomic mass is 16.5. The van der Waals surface area contributed by atoms with Crippen molar-refractivity contribution >= 4 is 16.6 Å². The van der Waals surface area contributed by atoms with Crippen LogP contribution in [0.2, 0.25) is 0 Å². The SMILES string of the molecule is CCOCC(O)c1cc2c(N3CCC4(CCC4)CC3)c(C#N)c(=O)[nH]c2cn1. The number of hydrogen-bond acceptors (Lipinski definition) is 6. The zero-order valence-electron chi connectivity index (χ0n) is 16.2. The second kappa shape index (κ2) is 7.53. The Morgan fingerprint density at radius 3 is 2.75 bits per heavy atom. The summed E-state index contributed by atoms with van der Waals surface area (Å²) in [4.78, 5) is 21.7. The van der Waals surface area contributed by atoms with Gasteiger partial charge in [0, 0.05) is 25.1 Å². The number of fused-ring (bicyclic) bond motifs is 1. The molecule has 2 fully saturated rings. The number of aliphatic hydroxyl groups is 1. The summed E-state index contributed by atoms with van der Waals surface area (Å²) in [7, 11) is 0. The molecule has 1 spiro atoms. The maximum atomic E-state index is 12.5. The standard InChI is InChI=1S/C21H26N4O3/c1-2-28-13-18(26)16-10-14-17(12-23-16)24-20(27)15(11-22)19(14)25-8-6-21(7-9-25)4-3-5-21/h10,12,18,26H,2-9,13H2,1H3,(H,24,27). The first-order valence-electron chi connectivity index (χ1n) is 10.0. The molecule has 2 aliphatic rings. The summed E-state index contributed by atoms with van der Waals surface area (Å²) < 4.78 is 5.30. The van der Waals surface area contributed by atoms with E-state index in [4.69, 9.17) is 4.74 Å². The van der Waals surface area contributed by atoms with Gasteiger partial charge >= 0.3 is 0 Å². The van der Waals surface area contributed by atoms with Crippen LogP contribution in [-0.4, -0.2) is 41.4 Å². The maximum absolute atomic E-state index is 12.5. The van der Waals surface area contributed by atoms with Gasteiger partial charge < -0.3 is 19.7 Å². The summed E-state index contributed by atoms with van der Waals surface area (Å²) in [5.74, 6) is 0. The fourth-order valence-electron chi connectivity index (χ4n) is 4.50. The molecule has 1 aliphatic heterocycles. The largest absolute Gasteiger partial charge is 0.384 e. The Labute approximate surface area is 164 Å². The zero-order chi connectivity index (χ0) is 19.7. The number of nitrogens with zero attached hydrogens (tertiary/aromatic N) is 3. The quantitative estimate of drug-likeness (QED) is 0.824. The molecule has 3 heterocycles. The first-order chi connectivity index (χ1) is 13.6. The van der Waals surface area contributed by atoms with Gasteiger partial charge in [0.05, 0.1) is 29.7 Å². The van der Waals surface area contributed by atoms with E-state index in [2.05, 4.69) is 20.9 Å². The fraction of sp³-hybridized carbons (Fsp3) is 0.571. The summed E-state index contributed by atoms with van der Waals surface area (Å²) in [6, 6.07) is 3.87. The molecule has 7 nitrogen and oxygen atoms in total. The van der Waals surface area contributed by atoms with Crippen molar-refractivity contribution in [3.05, 3.63) is 33.9 Å². The average Bonchev–Trinajstić information content (AvgIpc) is 2.69. The molecule has 0 aromatic carbocycles. The Hall–Kier alpha value is -2.43. The number of nitrogens with one attached hydrogen (secondary N) is 1. The number of pyridine rings is 2. The van der Waals surface area contributed by atoms with Crippen molar-refractivity contribution in [3.63, 3.8) is 0 Å². The minimum atomic E-state index is -0.853. The molecule has 2 aromatic rings. The number of ether oxygens (including phenoxy) is 1. The van der Waals surface area contributed by atoms with E-state index in [-0.39, 0.29) is 12.2 Å². The van der Waals surface area contributed by atoms with Crippen molar-refractivity contribution in [2.75, 3.05) is 31.2 Å². The molecule has 2 N–H and O–H groups in total. The highest BCUT2D eigenvalue weighted by Crippen LogP contribution is 2.49. The van der Waals surface area contributed by atoms with E-state index in [0.717, 1.165) is 31.3 Å². The van der Waals surface area contributed by atoms with Crippen LogP contribution in [0, 0.1) is 16.7 Å². The molecule has 1 unspecified atom stereocenters. The second-order valence-corrected chi connectivity index (χ2v) is 7.96. The highest BCUT2D eigenvalue weighted by Gasteiger charge is 2.40. The lowest BCUT2D eigenvalue weighted by atomic mass is 9.63. The number of H-pyrrole nitrogens is 1. The van der Waals surface area contributed by atoms with E-state index >= 15 is 0 Å². The lowest BCUT2D eigenvalue weighted by Gasteiger charge is -2.48. The number of hydrogen-bond donors (Lipinski definition) is 2. The van der Waals surface area contributed by atoms with Crippen molar-refractivity contribution in [2.24, 2.45) is 5.41 Å². The number of nitriles is 1. The Kier molecular flexibility index (Phi) is 5.09. The van der Waals surface area contributed by atoms with Gasteiger partial charge in [-0.2, -0.15) is 5.26 Å².